The van der Waals surface area contributed by atoms with Crippen LogP contribution in [-0.2, 0) is 9.47 Å². The topological polar surface area (TPSA) is 43.2 Å². The minimum atomic E-state index is 0.00616. The van der Waals surface area contributed by atoms with E-state index in [1.807, 2.05) is 37.3 Å². The molecule has 0 radical (unpaired) electrons. The summed E-state index contributed by atoms with van der Waals surface area (Å²) in [6, 6.07) is 8.10. The van der Waals surface area contributed by atoms with Gasteiger partial charge >= 0.3 is 0 Å². The molecule has 3 atom stereocenters. The normalized spacial score (nSPS) is 30.1. The predicted octanol–water partition coefficient (Wildman–Crippen LogP) is 4.94. The van der Waals surface area contributed by atoms with Crippen molar-refractivity contribution in [3.05, 3.63) is 83.3 Å². The van der Waals surface area contributed by atoms with Crippen LogP contribution in [-0.4, -0.2) is 23.9 Å². The highest BCUT2D eigenvalue weighted by atomic mass is 16.5. The smallest absolute Gasteiger partial charge is 0.225 e. The molecule has 0 N–H and O–H groups in total. The number of hydrogen-bond acceptors (Lipinski definition) is 4. The average molecular weight is 360 g/mol. The number of nitrogens with zero attached hydrogens (tertiary/aromatic N) is 2. The van der Waals surface area contributed by atoms with Gasteiger partial charge in [-0.2, -0.15) is 0 Å². The van der Waals surface area contributed by atoms with Crippen LogP contribution in [0.15, 0.2) is 82.2 Å². The number of ether oxygens (including phenoxy) is 2. The molecule has 3 aliphatic rings. The number of fused-ring (bicyclic) bond motifs is 1. The molecule has 3 unspecified atom stereocenters. The van der Waals surface area contributed by atoms with E-state index in [0.717, 1.165) is 23.2 Å². The Morgan fingerprint density at radius 3 is 2.52 bits per heavy atom. The lowest BCUT2D eigenvalue weighted by atomic mass is 10.0. The third kappa shape index (κ3) is 3.95. The Morgan fingerprint density at radius 2 is 1.74 bits per heavy atom. The van der Waals surface area contributed by atoms with Crippen LogP contribution in [0.5, 0.6) is 0 Å². The molecule has 0 saturated heterocycles. The van der Waals surface area contributed by atoms with Crippen LogP contribution in [0.25, 0.3) is 0 Å². The van der Waals surface area contributed by atoms with Gasteiger partial charge in [-0.1, -0.05) is 30.7 Å². The maximum atomic E-state index is 6.03. The van der Waals surface area contributed by atoms with E-state index >= 15 is 0 Å². The first kappa shape index (κ1) is 17.5. The summed E-state index contributed by atoms with van der Waals surface area (Å²) in [4.78, 5) is 9.34. The second-order valence-electron chi connectivity index (χ2n) is 7.28. The molecule has 4 heteroatoms. The summed E-state index contributed by atoms with van der Waals surface area (Å²) in [5.74, 6) is 1.74. The van der Waals surface area contributed by atoms with Crippen LogP contribution in [0, 0.1) is 5.92 Å². The monoisotopic (exact) mass is 360 g/mol. The Morgan fingerprint density at radius 1 is 1.00 bits per heavy atom. The Hall–Kier alpha value is -2.88. The van der Waals surface area contributed by atoms with E-state index in [9.17, 15) is 0 Å². The maximum Gasteiger partial charge on any atom is 0.225 e. The van der Waals surface area contributed by atoms with Crippen LogP contribution in [0.1, 0.15) is 38.3 Å². The molecule has 138 valence electrons. The number of benzene rings is 1. The first-order chi connectivity index (χ1) is 13.1. The van der Waals surface area contributed by atoms with E-state index in [-0.39, 0.29) is 12.1 Å². The summed E-state index contributed by atoms with van der Waals surface area (Å²) in [5, 5.41) is 0. The first-order valence-corrected chi connectivity index (χ1v) is 9.39. The fourth-order valence-electron chi connectivity index (χ4n) is 3.40. The van der Waals surface area contributed by atoms with Crippen LogP contribution in [0.3, 0.4) is 0 Å². The lowest BCUT2D eigenvalue weighted by Gasteiger charge is -2.15. The van der Waals surface area contributed by atoms with E-state index in [1.54, 1.807) is 6.26 Å². The standard InChI is InChI=1S/C23H24N2O2/c1-15-5-4-12-26-22(24-17(3)13-15)18-7-9-19(10-8-18)23-25-20-11-6-16(2)14-21(20)27-23/h4,6-15,20-21H,5H2,1-3H3/b12-4+,17-13+,24-22?. The molecule has 0 amide bonds. The molecule has 0 fully saturated rings. The molecular weight excluding hydrogens is 336 g/mol. The van der Waals surface area contributed by atoms with Crippen molar-refractivity contribution in [3.63, 3.8) is 0 Å². The molecule has 27 heavy (non-hydrogen) atoms. The lowest BCUT2D eigenvalue weighted by Crippen LogP contribution is -2.20. The van der Waals surface area contributed by atoms with Crippen molar-refractivity contribution in [1.82, 2.24) is 0 Å². The van der Waals surface area contributed by atoms with Crippen LogP contribution >= 0.6 is 0 Å². The zero-order valence-electron chi connectivity index (χ0n) is 15.9. The summed E-state index contributed by atoms with van der Waals surface area (Å²) < 4.78 is 11.8. The Balaban J connectivity index is 1.56. The number of aliphatic imine (C=N–C) groups is 2. The van der Waals surface area contributed by atoms with E-state index < -0.39 is 0 Å². The van der Waals surface area contributed by atoms with E-state index in [1.165, 1.54) is 5.57 Å². The second-order valence-corrected chi connectivity index (χ2v) is 7.28. The predicted molar refractivity (Wildman–Crippen MR) is 109 cm³/mol. The second kappa shape index (κ2) is 7.39. The molecule has 1 aromatic rings. The highest BCUT2D eigenvalue weighted by Crippen LogP contribution is 2.25. The number of rotatable bonds is 2. The summed E-state index contributed by atoms with van der Waals surface area (Å²) >= 11 is 0. The molecule has 4 rings (SSSR count). The Bertz CT molecular complexity index is 901. The minimum absolute atomic E-state index is 0.00616. The fraction of sp³-hybridized carbons (Fsp3) is 0.304. The third-order valence-electron chi connectivity index (χ3n) is 4.80. The van der Waals surface area contributed by atoms with Crippen LogP contribution in [0.4, 0.5) is 0 Å². The molecule has 4 nitrogen and oxygen atoms in total. The molecule has 1 aliphatic carbocycles. The SMILES string of the molecule is CC1=CC2OC(c3ccc(C4=N/C(C)=C/C(C)C/C=C/O4)cc3)=NC2C=C1. The number of allylic oxidation sites excluding steroid dienone is 5. The summed E-state index contributed by atoms with van der Waals surface area (Å²) in [6.45, 7) is 6.26. The minimum Gasteiger partial charge on any atom is -0.467 e. The van der Waals surface area contributed by atoms with Gasteiger partial charge in [0, 0.05) is 16.8 Å². The van der Waals surface area contributed by atoms with Crippen molar-refractivity contribution in [2.24, 2.45) is 15.9 Å². The van der Waals surface area contributed by atoms with Crippen molar-refractivity contribution in [2.45, 2.75) is 39.3 Å². The Kier molecular flexibility index (Phi) is 4.80. The van der Waals surface area contributed by atoms with E-state index in [2.05, 4.69) is 43.1 Å². The van der Waals surface area contributed by atoms with Crippen molar-refractivity contribution >= 4 is 11.8 Å². The molecule has 0 bridgehead atoms. The molecule has 1 aromatic carbocycles. The molecule has 2 heterocycles. The number of hydrogen-bond donors (Lipinski definition) is 0. The van der Waals surface area contributed by atoms with Gasteiger partial charge in [-0.25, -0.2) is 9.98 Å². The van der Waals surface area contributed by atoms with Gasteiger partial charge in [0.05, 0.1) is 6.26 Å². The van der Waals surface area contributed by atoms with Crippen LogP contribution in [0.2, 0.25) is 0 Å². The van der Waals surface area contributed by atoms with Gasteiger partial charge in [0.15, 0.2) is 0 Å². The van der Waals surface area contributed by atoms with Gasteiger partial charge < -0.3 is 9.47 Å². The summed E-state index contributed by atoms with van der Waals surface area (Å²) in [5.41, 5.74) is 4.07. The summed E-state index contributed by atoms with van der Waals surface area (Å²) in [6.07, 6.45) is 13.2. The van der Waals surface area contributed by atoms with Crippen molar-refractivity contribution in [3.8, 4) is 0 Å². The van der Waals surface area contributed by atoms with Gasteiger partial charge in [0.25, 0.3) is 0 Å². The molecule has 0 saturated carbocycles. The highest BCUT2D eigenvalue weighted by molar-refractivity contribution is 5.99. The highest BCUT2D eigenvalue weighted by Gasteiger charge is 2.29. The quantitative estimate of drug-likeness (QED) is 0.750. The van der Waals surface area contributed by atoms with Gasteiger partial charge in [0.1, 0.15) is 12.1 Å². The van der Waals surface area contributed by atoms with Gasteiger partial charge in [-0.15, -0.1) is 0 Å². The summed E-state index contributed by atoms with van der Waals surface area (Å²) in [7, 11) is 0. The molecule has 0 spiro atoms. The zero-order valence-corrected chi connectivity index (χ0v) is 15.9. The lowest BCUT2D eigenvalue weighted by molar-refractivity contribution is 0.254. The van der Waals surface area contributed by atoms with Crippen molar-refractivity contribution in [1.29, 1.82) is 0 Å². The van der Waals surface area contributed by atoms with E-state index in [0.29, 0.717) is 17.7 Å². The Labute approximate surface area is 160 Å². The molecule has 2 aliphatic heterocycles. The first-order valence-electron chi connectivity index (χ1n) is 9.39. The molecular formula is C23H24N2O2. The van der Waals surface area contributed by atoms with Gasteiger partial charge in [-0.05, 0) is 62.6 Å². The molecule has 0 aromatic heterocycles. The largest absolute Gasteiger partial charge is 0.467 e. The third-order valence-corrected chi connectivity index (χ3v) is 4.80. The van der Waals surface area contributed by atoms with Gasteiger partial charge in [-0.3, -0.25) is 0 Å². The average Bonchev–Trinajstić information content (AvgIpc) is 3.09. The van der Waals surface area contributed by atoms with Crippen LogP contribution < -0.4 is 0 Å². The fourth-order valence-corrected chi connectivity index (χ4v) is 3.40. The van der Waals surface area contributed by atoms with Gasteiger partial charge in [0.2, 0.25) is 11.8 Å². The van der Waals surface area contributed by atoms with Crippen molar-refractivity contribution < 1.29 is 9.47 Å². The maximum absolute atomic E-state index is 6.03. The van der Waals surface area contributed by atoms with E-state index in [4.69, 9.17) is 14.5 Å². The van der Waals surface area contributed by atoms with Crippen molar-refractivity contribution in [2.75, 3.05) is 0 Å². The zero-order chi connectivity index (χ0) is 18.8.